The van der Waals surface area contributed by atoms with E-state index in [2.05, 4.69) is 26.0 Å². The summed E-state index contributed by atoms with van der Waals surface area (Å²) in [6.07, 6.45) is 1.64. The van der Waals surface area contributed by atoms with Crippen LogP contribution in [0.2, 0.25) is 0 Å². The van der Waals surface area contributed by atoms with Crippen LogP contribution in [0.25, 0.3) is 0 Å². The third-order valence-electron chi connectivity index (χ3n) is 1.42. The SMILES string of the molecule is Nc1nc(Br)n(CCCCO)n1. The van der Waals surface area contributed by atoms with Crippen molar-refractivity contribution in [3.63, 3.8) is 0 Å². The monoisotopic (exact) mass is 234 g/mol. The van der Waals surface area contributed by atoms with Gasteiger partial charge in [-0.3, -0.25) is 0 Å². The maximum Gasteiger partial charge on any atom is 0.240 e. The minimum atomic E-state index is 0.210. The molecular formula is C6H11BrN4O. The molecule has 0 atom stereocenters. The Morgan fingerprint density at radius 2 is 2.25 bits per heavy atom. The molecule has 68 valence electrons. The molecule has 3 N–H and O–H groups in total. The van der Waals surface area contributed by atoms with Gasteiger partial charge in [0.2, 0.25) is 5.95 Å². The summed E-state index contributed by atoms with van der Waals surface area (Å²) < 4.78 is 2.31. The van der Waals surface area contributed by atoms with E-state index in [9.17, 15) is 0 Å². The summed E-state index contributed by atoms with van der Waals surface area (Å²) in [5.41, 5.74) is 5.36. The van der Waals surface area contributed by atoms with Crippen LogP contribution in [0.4, 0.5) is 5.95 Å². The molecule has 0 bridgehead atoms. The molecule has 1 aromatic heterocycles. The minimum Gasteiger partial charge on any atom is -0.396 e. The van der Waals surface area contributed by atoms with E-state index >= 15 is 0 Å². The summed E-state index contributed by atoms with van der Waals surface area (Å²) in [7, 11) is 0. The van der Waals surface area contributed by atoms with Crippen LogP contribution in [0.3, 0.4) is 0 Å². The van der Waals surface area contributed by atoms with Gasteiger partial charge < -0.3 is 10.8 Å². The lowest BCUT2D eigenvalue weighted by molar-refractivity contribution is 0.280. The summed E-state index contributed by atoms with van der Waals surface area (Å²) in [5.74, 6) is 0.269. The highest BCUT2D eigenvalue weighted by Gasteiger charge is 2.02. The molecule has 6 heteroatoms. The molecule has 0 aliphatic rings. The summed E-state index contributed by atoms with van der Waals surface area (Å²) in [4.78, 5) is 3.87. The largest absolute Gasteiger partial charge is 0.396 e. The van der Waals surface area contributed by atoms with E-state index in [1.807, 2.05) is 0 Å². The van der Waals surface area contributed by atoms with E-state index in [0.29, 0.717) is 4.73 Å². The molecule has 0 fully saturated rings. The number of halogens is 1. The van der Waals surface area contributed by atoms with Crippen LogP contribution < -0.4 is 5.73 Å². The molecule has 5 nitrogen and oxygen atoms in total. The van der Waals surface area contributed by atoms with Crippen molar-refractivity contribution in [1.82, 2.24) is 14.8 Å². The molecule has 1 heterocycles. The topological polar surface area (TPSA) is 77.0 Å². The van der Waals surface area contributed by atoms with Crippen LogP contribution in [0.5, 0.6) is 0 Å². The Morgan fingerprint density at radius 3 is 2.75 bits per heavy atom. The van der Waals surface area contributed by atoms with Crippen molar-refractivity contribution in [3.8, 4) is 0 Å². The van der Waals surface area contributed by atoms with Gasteiger partial charge >= 0.3 is 0 Å². The quantitative estimate of drug-likeness (QED) is 0.740. The van der Waals surface area contributed by atoms with Crippen molar-refractivity contribution in [2.45, 2.75) is 19.4 Å². The van der Waals surface area contributed by atoms with E-state index in [-0.39, 0.29) is 12.6 Å². The number of aromatic nitrogens is 3. The molecule has 0 unspecified atom stereocenters. The zero-order valence-electron chi connectivity index (χ0n) is 6.57. The summed E-state index contributed by atoms with van der Waals surface area (Å²) in [6.45, 7) is 0.938. The summed E-state index contributed by atoms with van der Waals surface area (Å²) in [5, 5.41) is 12.5. The van der Waals surface area contributed by atoms with E-state index in [1.54, 1.807) is 4.68 Å². The highest BCUT2D eigenvalue weighted by atomic mass is 79.9. The smallest absolute Gasteiger partial charge is 0.240 e. The minimum absolute atomic E-state index is 0.210. The van der Waals surface area contributed by atoms with E-state index < -0.39 is 0 Å². The van der Waals surface area contributed by atoms with Gasteiger partial charge in [0.15, 0.2) is 4.73 Å². The van der Waals surface area contributed by atoms with Crippen LogP contribution in [-0.2, 0) is 6.54 Å². The molecule has 1 rings (SSSR count). The zero-order chi connectivity index (χ0) is 8.97. The highest BCUT2D eigenvalue weighted by molar-refractivity contribution is 9.10. The maximum atomic E-state index is 8.54. The van der Waals surface area contributed by atoms with Crippen LogP contribution in [0, 0.1) is 0 Å². The highest BCUT2D eigenvalue weighted by Crippen LogP contribution is 2.08. The number of nitrogen functional groups attached to an aromatic ring is 1. The van der Waals surface area contributed by atoms with Crippen molar-refractivity contribution in [2.24, 2.45) is 0 Å². The third-order valence-corrected chi connectivity index (χ3v) is 2.01. The molecule has 0 aliphatic carbocycles. The predicted molar refractivity (Wildman–Crippen MR) is 48.5 cm³/mol. The lowest BCUT2D eigenvalue weighted by Crippen LogP contribution is -2.02. The first-order valence-corrected chi connectivity index (χ1v) is 4.50. The lowest BCUT2D eigenvalue weighted by atomic mass is 10.3. The Balaban J connectivity index is 2.45. The molecule has 0 spiro atoms. The second kappa shape index (κ2) is 4.42. The zero-order valence-corrected chi connectivity index (χ0v) is 8.16. The Bertz CT molecular complexity index is 250. The number of unbranched alkanes of at least 4 members (excludes halogenated alkanes) is 1. The van der Waals surface area contributed by atoms with Crippen molar-refractivity contribution >= 4 is 21.9 Å². The molecule has 0 saturated heterocycles. The molecule has 0 amide bonds. The van der Waals surface area contributed by atoms with Crippen molar-refractivity contribution < 1.29 is 5.11 Å². The van der Waals surface area contributed by atoms with Crippen molar-refractivity contribution in [2.75, 3.05) is 12.3 Å². The average molecular weight is 235 g/mol. The standard InChI is InChI=1S/C6H11BrN4O/c7-5-9-6(8)10-11(5)3-1-2-4-12/h12H,1-4H2,(H2,8,10). The molecular weight excluding hydrogens is 224 g/mol. The molecule has 12 heavy (non-hydrogen) atoms. The number of rotatable bonds is 4. The van der Waals surface area contributed by atoms with Crippen LogP contribution in [0.1, 0.15) is 12.8 Å². The Kier molecular flexibility index (Phi) is 3.48. The van der Waals surface area contributed by atoms with Gasteiger partial charge in [-0.25, -0.2) is 4.68 Å². The predicted octanol–water partition coefficient (Wildman–Crippen LogP) is 0.395. The van der Waals surface area contributed by atoms with Crippen LogP contribution >= 0.6 is 15.9 Å². The molecule has 0 aliphatic heterocycles. The van der Waals surface area contributed by atoms with Gasteiger partial charge in [0.25, 0.3) is 0 Å². The fraction of sp³-hybridized carbons (Fsp3) is 0.667. The first-order chi connectivity index (χ1) is 5.74. The van der Waals surface area contributed by atoms with Crippen molar-refractivity contribution in [1.29, 1.82) is 0 Å². The number of anilines is 1. The van der Waals surface area contributed by atoms with E-state index in [1.165, 1.54) is 0 Å². The Labute approximate surface area is 78.7 Å². The molecule has 0 radical (unpaired) electrons. The number of aryl methyl sites for hydroxylation is 1. The number of aliphatic hydroxyl groups excluding tert-OH is 1. The van der Waals surface area contributed by atoms with Gasteiger partial charge in [-0.2, -0.15) is 4.98 Å². The van der Waals surface area contributed by atoms with E-state index in [4.69, 9.17) is 10.8 Å². The van der Waals surface area contributed by atoms with E-state index in [0.717, 1.165) is 19.4 Å². The van der Waals surface area contributed by atoms with Gasteiger partial charge in [-0.05, 0) is 28.8 Å². The van der Waals surface area contributed by atoms with Crippen LogP contribution in [0.15, 0.2) is 4.73 Å². The number of hydrogen-bond donors (Lipinski definition) is 2. The fourth-order valence-electron chi connectivity index (χ4n) is 0.855. The lowest BCUT2D eigenvalue weighted by Gasteiger charge is -1.99. The van der Waals surface area contributed by atoms with Gasteiger partial charge in [-0.1, -0.05) is 0 Å². The Morgan fingerprint density at radius 1 is 1.50 bits per heavy atom. The van der Waals surface area contributed by atoms with Crippen LogP contribution in [-0.4, -0.2) is 26.5 Å². The average Bonchev–Trinajstić information content (AvgIpc) is 2.31. The number of nitrogens with zero attached hydrogens (tertiary/aromatic N) is 3. The number of hydrogen-bond acceptors (Lipinski definition) is 4. The third kappa shape index (κ3) is 2.46. The first-order valence-electron chi connectivity index (χ1n) is 3.70. The number of aliphatic hydroxyl groups is 1. The van der Waals surface area contributed by atoms with Crippen molar-refractivity contribution in [3.05, 3.63) is 4.73 Å². The number of nitrogens with two attached hydrogens (primary N) is 1. The van der Waals surface area contributed by atoms with Gasteiger partial charge in [0, 0.05) is 13.2 Å². The second-order valence-electron chi connectivity index (χ2n) is 2.39. The summed E-state index contributed by atoms with van der Waals surface area (Å²) in [6, 6.07) is 0. The maximum absolute atomic E-state index is 8.54. The first kappa shape index (κ1) is 9.47. The molecule has 0 saturated carbocycles. The molecule has 0 aromatic carbocycles. The second-order valence-corrected chi connectivity index (χ2v) is 3.10. The Hall–Kier alpha value is -0.620. The summed E-state index contributed by atoms with van der Waals surface area (Å²) >= 11 is 3.22. The van der Waals surface area contributed by atoms with Gasteiger partial charge in [0.05, 0.1) is 0 Å². The fourth-order valence-corrected chi connectivity index (χ4v) is 1.29. The molecule has 1 aromatic rings. The van der Waals surface area contributed by atoms with Gasteiger partial charge in [-0.15, -0.1) is 5.10 Å². The van der Waals surface area contributed by atoms with Gasteiger partial charge in [0.1, 0.15) is 0 Å². The normalized spacial score (nSPS) is 10.5.